The SMILES string of the molecule is Cc1cc(C)n([C@@H]2CCN(C(=O)c3cn[nH]c3C3CCCCC3)C2)n1. The lowest BCUT2D eigenvalue weighted by Gasteiger charge is -2.23. The molecule has 1 amide bonds. The second-order valence-electron chi connectivity index (χ2n) is 7.60. The fourth-order valence-electron chi connectivity index (χ4n) is 4.48. The van der Waals surface area contributed by atoms with E-state index in [4.69, 9.17) is 0 Å². The monoisotopic (exact) mass is 341 g/mol. The van der Waals surface area contributed by atoms with Crippen molar-refractivity contribution in [3.8, 4) is 0 Å². The second-order valence-corrected chi connectivity index (χ2v) is 7.60. The van der Waals surface area contributed by atoms with Gasteiger partial charge in [-0.2, -0.15) is 10.2 Å². The van der Waals surface area contributed by atoms with Gasteiger partial charge in [-0.3, -0.25) is 14.6 Å². The van der Waals surface area contributed by atoms with Crippen molar-refractivity contribution in [2.24, 2.45) is 0 Å². The number of hydrogen-bond donors (Lipinski definition) is 1. The first kappa shape index (κ1) is 16.4. The van der Waals surface area contributed by atoms with Gasteiger partial charge in [0.2, 0.25) is 0 Å². The molecule has 1 aliphatic heterocycles. The molecule has 0 unspecified atom stereocenters. The number of rotatable bonds is 3. The number of likely N-dealkylation sites (tertiary alicyclic amines) is 1. The summed E-state index contributed by atoms with van der Waals surface area (Å²) in [4.78, 5) is 15.0. The van der Waals surface area contributed by atoms with Crippen LogP contribution in [0.4, 0.5) is 0 Å². The van der Waals surface area contributed by atoms with Crippen molar-refractivity contribution in [3.05, 3.63) is 34.9 Å². The van der Waals surface area contributed by atoms with Gasteiger partial charge in [-0.05, 0) is 39.2 Å². The number of nitrogens with one attached hydrogen (secondary N) is 1. The average molecular weight is 341 g/mol. The number of carbonyl (C=O) groups is 1. The summed E-state index contributed by atoms with van der Waals surface area (Å²) in [6.45, 7) is 5.62. The number of aryl methyl sites for hydroxylation is 2. The van der Waals surface area contributed by atoms with Crippen molar-refractivity contribution in [2.45, 2.75) is 64.3 Å². The summed E-state index contributed by atoms with van der Waals surface area (Å²) in [5.74, 6) is 0.586. The smallest absolute Gasteiger partial charge is 0.257 e. The molecule has 1 saturated heterocycles. The summed E-state index contributed by atoms with van der Waals surface area (Å²) in [5, 5.41) is 11.9. The molecule has 2 aliphatic rings. The van der Waals surface area contributed by atoms with E-state index in [2.05, 4.69) is 33.0 Å². The summed E-state index contributed by atoms with van der Waals surface area (Å²) in [5.41, 5.74) is 4.04. The molecule has 6 heteroatoms. The average Bonchev–Trinajstić information content (AvgIpc) is 3.34. The normalized spacial score (nSPS) is 21.8. The van der Waals surface area contributed by atoms with E-state index in [1.54, 1.807) is 6.20 Å². The first-order valence-electron chi connectivity index (χ1n) is 9.49. The maximum Gasteiger partial charge on any atom is 0.257 e. The Morgan fingerprint density at radius 2 is 2.00 bits per heavy atom. The van der Waals surface area contributed by atoms with Crippen LogP contribution in [0.2, 0.25) is 0 Å². The zero-order valence-electron chi connectivity index (χ0n) is 15.2. The molecule has 1 aliphatic carbocycles. The third-order valence-corrected chi connectivity index (χ3v) is 5.75. The molecule has 0 aromatic carbocycles. The summed E-state index contributed by atoms with van der Waals surface area (Å²) in [6.07, 6.45) is 8.83. The first-order valence-corrected chi connectivity index (χ1v) is 9.49. The minimum Gasteiger partial charge on any atom is -0.336 e. The zero-order chi connectivity index (χ0) is 17.4. The standard InChI is InChI=1S/C19H27N5O/c1-13-10-14(2)24(22-13)16-8-9-23(12-16)19(25)17-11-20-21-18(17)15-6-4-3-5-7-15/h10-11,15-16H,3-9,12H2,1-2H3,(H,20,21)/t16-/m1/s1. The molecule has 1 saturated carbocycles. The minimum absolute atomic E-state index is 0.123. The lowest BCUT2D eigenvalue weighted by molar-refractivity contribution is 0.0785. The Kier molecular flexibility index (Phi) is 4.36. The van der Waals surface area contributed by atoms with Crippen molar-refractivity contribution in [2.75, 3.05) is 13.1 Å². The lowest BCUT2D eigenvalue weighted by Crippen LogP contribution is -2.30. The zero-order valence-corrected chi connectivity index (χ0v) is 15.2. The predicted octanol–water partition coefficient (Wildman–Crippen LogP) is 3.36. The summed E-state index contributed by atoms with van der Waals surface area (Å²) >= 11 is 0. The van der Waals surface area contributed by atoms with E-state index in [1.165, 1.54) is 25.0 Å². The third kappa shape index (κ3) is 3.10. The fraction of sp³-hybridized carbons (Fsp3) is 0.632. The van der Waals surface area contributed by atoms with Gasteiger partial charge >= 0.3 is 0 Å². The molecule has 6 nitrogen and oxygen atoms in total. The molecule has 2 fully saturated rings. The summed E-state index contributed by atoms with van der Waals surface area (Å²) < 4.78 is 2.08. The summed E-state index contributed by atoms with van der Waals surface area (Å²) in [7, 11) is 0. The Labute approximate surface area is 148 Å². The van der Waals surface area contributed by atoms with Gasteiger partial charge in [0.25, 0.3) is 5.91 Å². The van der Waals surface area contributed by atoms with E-state index in [9.17, 15) is 4.79 Å². The number of H-pyrrole nitrogens is 1. The highest BCUT2D eigenvalue weighted by Gasteiger charge is 2.32. The van der Waals surface area contributed by atoms with Crippen LogP contribution < -0.4 is 0 Å². The van der Waals surface area contributed by atoms with Gasteiger partial charge in [-0.25, -0.2) is 0 Å². The van der Waals surface area contributed by atoms with Crippen molar-refractivity contribution >= 4 is 5.91 Å². The molecule has 0 radical (unpaired) electrons. The largest absolute Gasteiger partial charge is 0.336 e. The molecule has 3 heterocycles. The van der Waals surface area contributed by atoms with Gasteiger partial charge in [0, 0.05) is 24.7 Å². The maximum absolute atomic E-state index is 13.1. The quantitative estimate of drug-likeness (QED) is 0.931. The second kappa shape index (κ2) is 6.65. The number of hydrogen-bond acceptors (Lipinski definition) is 3. The Balaban J connectivity index is 1.49. The highest BCUT2D eigenvalue weighted by molar-refractivity contribution is 5.95. The van der Waals surface area contributed by atoms with Crippen LogP contribution in [0, 0.1) is 13.8 Å². The van der Waals surface area contributed by atoms with Crippen LogP contribution in [0.1, 0.15) is 77.9 Å². The van der Waals surface area contributed by atoms with Crippen LogP contribution in [0.15, 0.2) is 12.3 Å². The van der Waals surface area contributed by atoms with Crippen LogP contribution in [0.3, 0.4) is 0 Å². The molecule has 0 spiro atoms. The van der Waals surface area contributed by atoms with Crippen molar-refractivity contribution in [1.82, 2.24) is 24.9 Å². The van der Waals surface area contributed by atoms with Crippen molar-refractivity contribution in [3.63, 3.8) is 0 Å². The number of aromatic nitrogens is 4. The van der Waals surface area contributed by atoms with Crippen LogP contribution in [0.25, 0.3) is 0 Å². The van der Waals surface area contributed by atoms with Crippen molar-refractivity contribution in [1.29, 1.82) is 0 Å². The Bertz CT molecular complexity index is 756. The van der Waals surface area contributed by atoms with Crippen LogP contribution >= 0.6 is 0 Å². The molecule has 4 rings (SSSR count). The van der Waals surface area contributed by atoms with E-state index < -0.39 is 0 Å². The first-order chi connectivity index (χ1) is 12.1. The van der Waals surface area contributed by atoms with Crippen LogP contribution in [0.5, 0.6) is 0 Å². The Morgan fingerprint density at radius 3 is 2.72 bits per heavy atom. The predicted molar refractivity (Wildman–Crippen MR) is 95.7 cm³/mol. The Morgan fingerprint density at radius 1 is 1.20 bits per heavy atom. The highest BCUT2D eigenvalue weighted by atomic mass is 16.2. The van der Waals surface area contributed by atoms with E-state index in [0.717, 1.165) is 49.3 Å². The maximum atomic E-state index is 13.1. The minimum atomic E-state index is 0.123. The fourth-order valence-corrected chi connectivity index (χ4v) is 4.48. The van der Waals surface area contributed by atoms with Gasteiger partial charge in [0.15, 0.2) is 0 Å². The molecule has 25 heavy (non-hydrogen) atoms. The molecule has 134 valence electrons. The van der Waals surface area contributed by atoms with Crippen LogP contribution in [-0.4, -0.2) is 43.9 Å². The van der Waals surface area contributed by atoms with E-state index in [1.807, 2.05) is 11.8 Å². The molecular formula is C19H27N5O. The van der Waals surface area contributed by atoms with Crippen molar-refractivity contribution < 1.29 is 4.79 Å². The third-order valence-electron chi connectivity index (χ3n) is 5.75. The molecule has 1 atom stereocenters. The number of amides is 1. The van der Waals surface area contributed by atoms with E-state index in [-0.39, 0.29) is 11.9 Å². The number of aromatic amines is 1. The number of nitrogens with zero attached hydrogens (tertiary/aromatic N) is 4. The highest BCUT2D eigenvalue weighted by Crippen LogP contribution is 2.34. The Hall–Kier alpha value is -2.11. The number of carbonyl (C=O) groups excluding carboxylic acids is 1. The molecule has 0 bridgehead atoms. The molecular weight excluding hydrogens is 314 g/mol. The van der Waals surface area contributed by atoms with E-state index >= 15 is 0 Å². The van der Waals surface area contributed by atoms with Crippen LogP contribution in [-0.2, 0) is 0 Å². The van der Waals surface area contributed by atoms with Gasteiger partial charge in [0.05, 0.1) is 29.2 Å². The van der Waals surface area contributed by atoms with Gasteiger partial charge in [-0.15, -0.1) is 0 Å². The van der Waals surface area contributed by atoms with Gasteiger partial charge < -0.3 is 4.90 Å². The molecule has 2 aromatic heterocycles. The summed E-state index contributed by atoms with van der Waals surface area (Å²) in [6, 6.07) is 2.38. The topological polar surface area (TPSA) is 66.8 Å². The molecule has 1 N–H and O–H groups in total. The van der Waals surface area contributed by atoms with Gasteiger partial charge in [0.1, 0.15) is 0 Å². The van der Waals surface area contributed by atoms with Gasteiger partial charge in [-0.1, -0.05) is 19.3 Å². The van der Waals surface area contributed by atoms with E-state index in [0.29, 0.717) is 5.92 Å². The molecule has 2 aromatic rings. The lowest BCUT2D eigenvalue weighted by atomic mass is 9.85.